The van der Waals surface area contributed by atoms with Gasteiger partial charge in [-0.3, -0.25) is 14.2 Å². The van der Waals surface area contributed by atoms with E-state index < -0.39 is 0 Å². The molecule has 3 heteroatoms. The standard InChI is InChI=1S/C7H12N2O/c1-4-9-5-6(2)7(10)8(9)3/h5H,4H2,1-3H3. The van der Waals surface area contributed by atoms with Gasteiger partial charge in [-0.15, -0.1) is 0 Å². The lowest BCUT2D eigenvalue weighted by molar-refractivity contribution is 0.522. The summed E-state index contributed by atoms with van der Waals surface area (Å²) in [5.74, 6) is 0. The molecule has 0 amide bonds. The quantitative estimate of drug-likeness (QED) is 0.558. The predicted molar refractivity (Wildman–Crippen MR) is 40.1 cm³/mol. The Kier molecular flexibility index (Phi) is 1.66. The van der Waals surface area contributed by atoms with Crippen molar-refractivity contribution < 1.29 is 0 Å². The topological polar surface area (TPSA) is 26.9 Å². The van der Waals surface area contributed by atoms with Crippen LogP contribution in [0.3, 0.4) is 0 Å². The van der Waals surface area contributed by atoms with Crippen LogP contribution in [0.4, 0.5) is 0 Å². The number of hydrogen-bond donors (Lipinski definition) is 0. The Morgan fingerprint density at radius 2 is 2.20 bits per heavy atom. The van der Waals surface area contributed by atoms with Gasteiger partial charge in [-0.05, 0) is 13.8 Å². The Labute approximate surface area is 59.9 Å². The zero-order chi connectivity index (χ0) is 7.72. The molecule has 0 saturated carbocycles. The van der Waals surface area contributed by atoms with E-state index in [0.29, 0.717) is 0 Å². The monoisotopic (exact) mass is 140 g/mol. The van der Waals surface area contributed by atoms with Gasteiger partial charge >= 0.3 is 0 Å². The van der Waals surface area contributed by atoms with Crippen molar-refractivity contribution in [3.8, 4) is 0 Å². The third-order valence-corrected chi connectivity index (χ3v) is 1.68. The first kappa shape index (κ1) is 7.12. The summed E-state index contributed by atoms with van der Waals surface area (Å²) in [5.41, 5.74) is 0.909. The summed E-state index contributed by atoms with van der Waals surface area (Å²) >= 11 is 0. The molecular formula is C7H12N2O. The highest BCUT2D eigenvalue weighted by Gasteiger charge is 2.00. The fourth-order valence-electron chi connectivity index (χ4n) is 1.04. The van der Waals surface area contributed by atoms with Crippen LogP contribution in [0.15, 0.2) is 11.0 Å². The van der Waals surface area contributed by atoms with Crippen LogP contribution in [0, 0.1) is 6.92 Å². The molecule has 0 aromatic carbocycles. The molecule has 0 N–H and O–H groups in total. The Hall–Kier alpha value is -0.990. The molecule has 0 radical (unpaired) electrons. The summed E-state index contributed by atoms with van der Waals surface area (Å²) in [6.45, 7) is 4.69. The Bertz CT molecular complexity index is 282. The molecule has 0 bridgehead atoms. The molecule has 1 rings (SSSR count). The summed E-state index contributed by atoms with van der Waals surface area (Å²) in [6.07, 6.45) is 1.86. The van der Waals surface area contributed by atoms with Gasteiger partial charge in [0.05, 0.1) is 0 Å². The van der Waals surface area contributed by atoms with E-state index in [1.165, 1.54) is 0 Å². The van der Waals surface area contributed by atoms with Crippen LogP contribution in [-0.4, -0.2) is 9.36 Å². The maximum Gasteiger partial charge on any atom is 0.269 e. The van der Waals surface area contributed by atoms with Crippen LogP contribution >= 0.6 is 0 Å². The third kappa shape index (κ3) is 0.875. The minimum Gasteiger partial charge on any atom is -0.290 e. The van der Waals surface area contributed by atoms with Crippen molar-refractivity contribution in [2.75, 3.05) is 0 Å². The molecule has 0 atom stereocenters. The molecule has 0 fully saturated rings. The van der Waals surface area contributed by atoms with Crippen molar-refractivity contribution in [3.63, 3.8) is 0 Å². The Morgan fingerprint density at radius 1 is 1.60 bits per heavy atom. The largest absolute Gasteiger partial charge is 0.290 e. The molecule has 56 valence electrons. The number of hydrogen-bond acceptors (Lipinski definition) is 1. The Morgan fingerprint density at radius 3 is 2.40 bits per heavy atom. The van der Waals surface area contributed by atoms with Gasteiger partial charge in [-0.1, -0.05) is 0 Å². The van der Waals surface area contributed by atoms with Gasteiger partial charge in [-0.2, -0.15) is 0 Å². The van der Waals surface area contributed by atoms with E-state index in [4.69, 9.17) is 0 Å². The smallest absolute Gasteiger partial charge is 0.269 e. The molecule has 10 heavy (non-hydrogen) atoms. The van der Waals surface area contributed by atoms with Gasteiger partial charge in [0.1, 0.15) is 0 Å². The number of nitrogens with zero attached hydrogens (tertiary/aromatic N) is 2. The maximum atomic E-state index is 11.1. The average molecular weight is 140 g/mol. The van der Waals surface area contributed by atoms with Gasteiger partial charge in [0.25, 0.3) is 5.56 Å². The first-order chi connectivity index (χ1) is 4.66. The second-order valence-electron chi connectivity index (χ2n) is 2.40. The zero-order valence-electron chi connectivity index (χ0n) is 6.59. The molecular weight excluding hydrogens is 128 g/mol. The van der Waals surface area contributed by atoms with Crippen LogP contribution in [-0.2, 0) is 13.6 Å². The fraction of sp³-hybridized carbons (Fsp3) is 0.571. The van der Waals surface area contributed by atoms with Crippen LogP contribution in [0.25, 0.3) is 0 Å². The van der Waals surface area contributed by atoms with Gasteiger partial charge < -0.3 is 0 Å². The molecule has 3 nitrogen and oxygen atoms in total. The highest BCUT2D eigenvalue weighted by Crippen LogP contribution is 1.89. The molecule has 1 aromatic rings. The van der Waals surface area contributed by atoms with Crippen molar-refractivity contribution >= 4 is 0 Å². The highest BCUT2D eigenvalue weighted by atomic mass is 16.1. The molecule has 0 aliphatic rings. The maximum absolute atomic E-state index is 11.1. The van der Waals surface area contributed by atoms with Crippen LogP contribution in [0.5, 0.6) is 0 Å². The average Bonchev–Trinajstić information content (AvgIpc) is 2.17. The van der Waals surface area contributed by atoms with E-state index in [9.17, 15) is 4.79 Å². The summed E-state index contributed by atoms with van der Waals surface area (Å²) in [6, 6.07) is 0. The van der Waals surface area contributed by atoms with Gasteiger partial charge in [0.15, 0.2) is 0 Å². The van der Waals surface area contributed by atoms with Crippen molar-refractivity contribution in [1.29, 1.82) is 0 Å². The van der Waals surface area contributed by atoms with E-state index in [1.54, 1.807) is 11.7 Å². The number of aryl methyl sites for hydroxylation is 2. The normalized spacial score (nSPS) is 10.3. The molecule has 1 heterocycles. The third-order valence-electron chi connectivity index (χ3n) is 1.68. The van der Waals surface area contributed by atoms with Gasteiger partial charge in [-0.25, -0.2) is 0 Å². The van der Waals surface area contributed by atoms with E-state index in [1.807, 2.05) is 24.7 Å². The van der Waals surface area contributed by atoms with Crippen molar-refractivity contribution in [2.45, 2.75) is 20.4 Å². The summed E-state index contributed by atoms with van der Waals surface area (Å²) < 4.78 is 3.51. The van der Waals surface area contributed by atoms with Crippen molar-refractivity contribution in [3.05, 3.63) is 22.1 Å². The van der Waals surface area contributed by atoms with Crippen molar-refractivity contribution in [1.82, 2.24) is 9.36 Å². The molecule has 1 aromatic heterocycles. The number of aromatic nitrogens is 2. The lowest BCUT2D eigenvalue weighted by Gasteiger charge is -2.00. The van der Waals surface area contributed by atoms with Gasteiger partial charge in [0.2, 0.25) is 0 Å². The first-order valence-electron chi connectivity index (χ1n) is 3.40. The molecule has 0 aliphatic heterocycles. The summed E-state index contributed by atoms with van der Waals surface area (Å²) in [4.78, 5) is 11.1. The summed E-state index contributed by atoms with van der Waals surface area (Å²) in [5, 5.41) is 0. The van der Waals surface area contributed by atoms with Crippen molar-refractivity contribution in [2.24, 2.45) is 7.05 Å². The highest BCUT2D eigenvalue weighted by molar-refractivity contribution is 5.01. The second-order valence-corrected chi connectivity index (χ2v) is 2.40. The second kappa shape index (κ2) is 2.33. The molecule has 0 aliphatic carbocycles. The minimum absolute atomic E-state index is 0.0989. The van der Waals surface area contributed by atoms with Crippen LogP contribution in [0.2, 0.25) is 0 Å². The van der Waals surface area contributed by atoms with E-state index in [-0.39, 0.29) is 5.56 Å². The zero-order valence-corrected chi connectivity index (χ0v) is 6.59. The number of rotatable bonds is 1. The lowest BCUT2D eigenvalue weighted by Crippen LogP contribution is -2.19. The molecule has 0 saturated heterocycles. The fourth-order valence-corrected chi connectivity index (χ4v) is 1.04. The Balaban J connectivity index is 3.31. The molecule has 0 spiro atoms. The van der Waals surface area contributed by atoms with E-state index in [0.717, 1.165) is 12.1 Å². The minimum atomic E-state index is 0.0989. The van der Waals surface area contributed by atoms with Gasteiger partial charge in [0, 0.05) is 25.4 Å². The predicted octanol–water partition coefficient (Wildman–Crippen LogP) is 0.515. The SMILES string of the molecule is CCn1cc(C)c(=O)n1C. The van der Waals surface area contributed by atoms with E-state index >= 15 is 0 Å². The summed E-state index contributed by atoms with van der Waals surface area (Å²) in [7, 11) is 1.78. The lowest BCUT2D eigenvalue weighted by atomic mass is 10.4. The first-order valence-corrected chi connectivity index (χ1v) is 3.40. The van der Waals surface area contributed by atoms with Crippen LogP contribution < -0.4 is 5.56 Å². The van der Waals surface area contributed by atoms with E-state index in [2.05, 4.69) is 0 Å². The van der Waals surface area contributed by atoms with Crippen LogP contribution in [0.1, 0.15) is 12.5 Å². The molecule has 0 unspecified atom stereocenters.